The van der Waals surface area contributed by atoms with Gasteiger partial charge in [0.1, 0.15) is 41.7 Å². The van der Waals surface area contributed by atoms with Gasteiger partial charge in [-0.05, 0) is 241 Å². The lowest BCUT2D eigenvalue weighted by molar-refractivity contribution is -0.147. The zero-order chi connectivity index (χ0) is 108. The maximum absolute atomic E-state index is 13.7. The van der Waals surface area contributed by atoms with Crippen molar-refractivity contribution >= 4 is 139 Å². The van der Waals surface area contributed by atoms with E-state index in [0.717, 1.165) is 4.68 Å². The van der Waals surface area contributed by atoms with Gasteiger partial charge in [0.05, 0.1) is 127 Å². The van der Waals surface area contributed by atoms with E-state index in [1.165, 1.54) is 110 Å². The van der Waals surface area contributed by atoms with Gasteiger partial charge in [-0.15, -0.1) is 30.6 Å². The summed E-state index contributed by atoms with van der Waals surface area (Å²) in [6.45, 7) is 52.1. The smallest absolute Gasteiger partial charge is 0.355 e. The number of nitrogens with one attached hydrogen (secondary N) is 8. The summed E-state index contributed by atoms with van der Waals surface area (Å²) < 4.78 is 47.0. The quantitative estimate of drug-likeness (QED) is 0.0260. The summed E-state index contributed by atoms with van der Waals surface area (Å²) in [5, 5.41) is 85.4. The first-order valence-electron chi connectivity index (χ1n) is 44.0. The normalized spacial score (nSPS) is 11.0. The number of rotatable bonds is 24. The molecular formula is C95H89Cl4F3N40O8. The molecule has 0 aliphatic heterocycles. The Kier molecular flexibility index (Phi) is 34.5. The number of carbonyl (C=O) groups excluding carboxylic acids is 8. The topological polar surface area (TPSA) is 547 Å². The predicted octanol–water partition coefficient (Wildman–Crippen LogP) is 14.6. The Morgan fingerprint density at radius 1 is 0.353 bits per heavy atom. The molecule has 8 amide bonds. The van der Waals surface area contributed by atoms with Gasteiger partial charge in [-0.25, -0.2) is 67.4 Å². The zero-order valence-corrected chi connectivity index (χ0v) is 84.4. The molecule has 4 aromatic carbocycles. The van der Waals surface area contributed by atoms with Crippen LogP contribution in [0.2, 0.25) is 20.1 Å². The number of carbonyl (C=O) groups is 8. The Morgan fingerprint density at radius 2 is 0.627 bits per heavy atom. The third kappa shape index (κ3) is 26.5. The number of anilines is 4. The highest BCUT2D eigenvalue weighted by molar-refractivity contribution is 6.33. The Morgan fingerprint density at radius 3 is 0.873 bits per heavy atom. The number of benzene rings is 4. The van der Waals surface area contributed by atoms with Crippen LogP contribution in [0.25, 0.3) is 42.7 Å². The molecule has 0 unspecified atom stereocenters. The summed E-state index contributed by atoms with van der Waals surface area (Å²) in [6.07, 6.45) is 1.18. The van der Waals surface area contributed by atoms with Gasteiger partial charge in [0.15, 0.2) is 57.7 Å². The third-order valence-electron chi connectivity index (χ3n) is 20.7. The zero-order valence-electron chi connectivity index (χ0n) is 81.4. The minimum Gasteiger partial charge on any atom is -0.355 e. The number of alkyl halides is 3. The van der Waals surface area contributed by atoms with Gasteiger partial charge in [-0.1, -0.05) is 78.1 Å². The molecule has 0 radical (unpaired) electrons. The third-order valence-corrected chi connectivity index (χ3v) is 21.9. The molecule has 12 aromatic heterocycles. The van der Waals surface area contributed by atoms with Crippen LogP contribution in [0.15, 0.2) is 146 Å². The first kappa shape index (κ1) is 110. The fraction of sp³-hybridized carbons (Fsp3) is 0.242. The first-order chi connectivity index (χ1) is 70.7. The molecule has 0 aliphatic rings. The second-order valence-electron chi connectivity index (χ2n) is 34.3. The van der Waals surface area contributed by atoms with Gasteiger partial charge in [0.25, 0.3) is 53.1 Å². The highest BCUT2D eigenvalue weighted by Gasteiger charge is 2.39. The van der Waals surface area contributed by atoms with Crippen molar-refractivity contribution in [3.63, 3.8) is 0 Å². The van der Waals surface area contributed by atoms with E-state index in [4.69, 9.17) is 72.7 Å². The van der Waals surface area contributed by atoms with Crippen molar-refractivity contribution in [1.29, 1.82) is 0 Å². The molecule has 55 heteroatoms. The number of aromatic nitrogens is 28. The number of halogens is 7. The summed E-state index contributed by atoms with van der Waals surface area (Å²) in [6, 6.07) is 30.8. The first-order valence-corrected chi connectivity index (χ1v) is 45.5. The van der Waals surface area contributed by atoms with Crippen LogP contribution in [0.5, 0.6) is 0 Å². The SMILES string of the molecule is C.[C-]#[N+]c1cc(C)c(NC(=O)c2cc(Cn3nnc(C)n3)nn2-c2ncccc2Cl)c(C(=O)NC(C)(C)C)c1.[C-]#[N+]c1cc(C)c(NC(=O)c2cc(Cn3nnc(C)n3)nn2-c2ncccc2Cl)c(C(=O)NC)c1.[C-]#[N+]c1cc(C)c(NC(=O)c2cc(Cn3nnnc3C(F)(F)F)nn2-c2ncccc2Cl)c(C(=O)NC(C)(C)C)c1.[C-]#[N+]c1cc(C)c(NC(=O)c2cc(Cn3nnnc3C)nn2-c2ncccc2Cl)c(C(=O)NC)c1. The van der Waals surface area contributed by atoms with Crippen molar-refractivity contribution in [1.82, 2.24) is 161 Å². The number of aryl methyl sites for hydroxylation is 7. The summed E-state index contributed by atoms with van der Waals surface area (Å²) in [4.78, 5) is 139. The Labute approximate surface area is 871 Å². The molecule has 0 saturated carbocycles. The van der Waals surface area contributed by atoms with E-state index in [9.17, 15) is 51.5 Å². The molecule has 0 saturated heterocycles. The highest BCUT2D eigenvalue weighted by Crippen LogP contribution is 2.37. The molecule has 12 heterocycles. The van der Waals surface area contributed by atoms with Crippen molar-refractivity contribution in [3.05, 3.63) is 325 Å². The number of pyridine rings is 4. The van der Waals surface area contributed by atoms with E-state index < -0.39 is 76.9 Å². The fourth-order valence-corrected chi connectivity index (χ4v) is 15.1. The van der Waals surface area contributed by atoms with Gasteiger partial charge >= 0.3 is 6.18 Å². The number of hydrogen-bond acceptors (Lipinski definition) is 28. The summed E-state index contributed by atoms with van der Waals surface area (Å²) in [5.41, 5.74) is 5.07. The van der Waals surface area contributed by atoms with Crippen LogP contribution < -0.4 is 42.5 Å². The van der Waals surface area contributed by atoms with Crippen molar-refractivity contribution in [2.75, 3.05) is 35.4 Å². The summed E-state index contributed by atoms with van der Waals surface area (Å²) in [7, 11) is 2.94. The van der Waals surface area contributed by atoms with Gasteiger partial charge in [-0.3, -0.25) is 38.4 Å². The van der Waals surface area contributed by atoms with Crippen molar-refractivity contribution in [3.8, 4) is 23.3 Å². The maximum atomic E-state index is 13.7. The maximum Gasteiger partial charge on any atom is 0.453 e. The van der Waals surface area contributed by atoms with E-state index in [1.807, 2.05) is 20.8 Å². The molecular weight excluding hydrogens is 2030 g/mol. The minimum atomic E-state index is -4.82. The van der Waals surface area contributed by atoms with E-state index in [2.05, 4.69) is 164 Å². The average molecular weight is 2120 g/mol. The standard InChI is InChI=1S/C25H22ClF3N10O2.C25H25ClN10O2.2C22H19ClN10O2.CH4/c1-13-9-14(30-5)10-16(21(40)33-24(2,3)4)19(13)32-22(41)18-11-15(12-38-23(25(27,28)29)34-36-37-38)35-39(18)20-17(26)7-6-8-31-20;1-14-10-16(27-6)11-18(23(37)30-25(3,4)5)21(14)29-24(38)20-12-17(13-35-32-15(2)31-34-35)33-36(20)22-19(26)8-7-9-28-22;1-12-8-14(24-3)9-16(21(34)25-4)19(12)27-22(35)18-10-15(11-32-13(2)28-30-31-32)29-33(18)20-17(23)6-5-7-26-20;1-12-8-14(24-3)9-16(21(34)25-4)19(12)27-22(35)18-10-15(11-32-29-13(2)28-31-32)30-33(18)20-17(23)6-5-7-26-20;/h6-11H,12H2,1-4H3,(H,32,41)(H,33,40);7-12H,13H2,1-5H3,(H,29,38)(H,30,37);2*5-10H,11H2,1-2,4H3,(H,25,34)(H,27,35);1H4. The second-order valence-corrected chi connectivity index (χ2v) is 35.9. The lowest BCUT2D eigenvalue weighted by Crippen LogP contribution is -2.41. The number of tetrazole rings is 4. The van der Waals surface area contributed by atoms with Crippen LogP contribution in [0.1, 0.15) is 201 Å². The van der Waals surface area contributed by atoms with E-state index >= 15 is 0 Å². The average Bonchev–Trinajstić information content (AvgIpc) is 1.61. The van der Waals surface area contributed by atoms with Crippen molar-refractivity contribution < 1.29 is 51.5 Å². The van der Waals surface area contributed by atoms with Crippen LogP contribution in [0, 0.1) is 74.8 Å². The van der Waals surface area contributed by atoms with Crippen molar-refractivity contribution in [2.24, 2.45) is 0 Å². The largest absolute Gasteiger partial charge is 0.453 e. The molecule has 0 fully saturated rings. The molecule has 0 spiro atoms. The number of nitrogens with zero attached hydrogens (tertiary/aromatic N) is 32. The molecule has 0 atom stereocenters. The van der Waals surface area contributed by atoms with Gasteiger partial charge in [-0.2, -0.15) is 43.2 Å². The van der Waals surface area contributed by atoms with Gasteiger partial charge in [0.2, 0.25) is 0 Å². The molecule has 150 heavy (non-hydrogen) atoms. The van der Waals surface area contributed by atoms with E-state index in [1.54, 1.807) is 148 Å². The Hall–Kier alpha value is -18.7. The Balaban J connectivity index is 0.000000177. The van der Waals surface area contributed by atoms with Crippen molar-refractivity contribution in [2.45, 2.75) is 141 Å². The molecule has 16 rings (SSSR count). The molecule has 16 aromatic rings. The van der Waals surface area contributed by atoms with Gasteiger partial charge < -0.3 is 42.5 Å². The molecule has 0 bridgehead atoms. The van der Waals surface area contributed by atoms with E-state index in [-0.39, 0.29) is 162 Å². The summed E-state index contributed by atoms with van der Waals surface area (Å²) >= 11 is 25.4. The number of hydrogen-bond donors (Lipinski definition) is 8. The molecule has 0 aliphatic carbocycles. The minimum absolute atomic E-state index is 0. The molecule has 48 nitrogen and oxygen atoms in total. The lowest BCUT2D eigenvalue weighted by atomic mass is 10.0. The van der Waals surface area contributed by atoms with E-state index in [0.29, 0.717) is 66.5 Å². The van der Waals surface area contributed by atoms with Crippen LogP contribution in [0.4, 0.5) is 58.7 Å². The Bertz CT molecular complexity index is 8090. The second kappa shape index (κ2) is 47.0. The van der Waals surface area contributed by atoms with Gasteiger partial charge in [0, 0.05) is 50.0 Å². The monoisotopic (exact) mass is 2110 g/mol. The number of amides is 8. The predicted molar refractivity (Wildman–Crippen MR) is 542 cm³/mol. The highest BCUT2D eigenvalue weighted by atomic mass is 35.5. The summed E-state index contributed by atoms with van der Waals surface area (Å²) in [5.74, 6) is -3.27. The van der Waals surface area contributed by atoms with Crippen LogP contribution in [0.3, 0.4) is 0 Å². The van der Waals surface area contributed by atoms with Crippen LogP contribution in [-0.4, -0.2) is 212 Å². The van der Waals surface area contributed by atoms with Crippen LogP contribution in [-0.2, 0) is 32.4 Å². The van der Waals surface area contributed by atoms with Crippen LogP contribution >= 0.6 is 46.4 Å². The molecule has 766 valence electrons. The molecule has 8 N–H and O–H groups in total. The lowest BCUT2D eigenvalue weighted by Gasteiger charge is -2.22. The fourth-order valence-electron chi connectivity index (χ4n) is 14.2.